The molecule has 0 aliphatic heterocycles. The van der Waals surface area contributed by atoms with E-state index in [0.717, 1.165) is 30.1 Å². The van der Waals surface area contributed by atoms with E-state index >= 15 is 0 Å². The number of aliphatic hydroxyl groups excluding tert-OH is 1. The molecule has 33 heavy (non-hydrogen) atoms. The topological polar surface area (TPSA) is 29.5 Å². The van der Waals surface area contributed by atoms with E-state index in [-0.39, 0.29) is 17.1 Å². The van der Waals surface area contributed by atoms with Crippen molar-refractivity contribution in [3.8, 4) is 0 Å². The molecule has 2 spiro atoms. The third-order valence-corrected chi connectivity index (χ3v) is 13.4. The Hall–Kier alpha value is -0.340. The van der Waals surface area contributed by atoms with E-state index in [1.54, 1.807) is 0 Å². The first kappa shape index (κ1) is 24.4. The van der Waals surface area contributed by atoms with Crippen LogP contribution in [0.5, 0.6) is 0 Å². The number of hydrogen-bond donors (Lipinski definition) is 1. The molecule has 2 heteroatoms. The Labute approximate surface area is 204 Å². The molecule has 2 nitrogen and oxygen atoms in total. The Kier molecular flexibility index (Phi) is 5.42. The van der Waals surface area contributed by atoms with Gasteiger partial charge in [-0.15, -0.1) is 0 Å². The van der Waals surface area contributed by atoms with Gasteiger partial charge in [-0.1, -0.05) is 46.8 Å². The molecule has 5 rings (SSSR count). The largest absolute Gasteiger partial charge is 0.393 e. The minimum atomic E-state index is -0.161. The van der Waals surface area contributed by atoms with Crippen molar-refractivity contribution in [3.05, 3.63) is 12.2 Å². The van der Waals surface area contributed by atoms with Gasteiger partial charge in [-0.25, -0.2) is 0 Å². The smallest absolute Gasteiger partial charge is 0.0802 e. The highest BCUT2D eigenvalue weighted by molar-refractivity contribution is 5.30. The number of hydrogen-bond acceptors (Lipinski definition) is 2. The molecule has 0 aromatic carbocycles. The number of rotatable bonds is 5. The van der Waals surface area contributed by atoms with Gasteiger partial charge in [0.15, 0.2) is 0 Å². The normalized spacial score (nSPS) is 51.4. The predicted octanol–water partition coefficient (Wildman–Crippen LogP) is 7.79. The summed E-state index contributed by atoms with van der Waals surface area (Å²) in [6.07, 6.45) is 18.1. The SMILES string of the molecule is COC(C)(C)/C=C/C[C@@H](C)[C@H]1CC[C@@]2(C)[C@H]3CC[C@H]4C(C)(C)[C@@H](O)CC[C@@]45C[C@@]35CC[C@]12C. The summed E-state index contributed by atoms with van der Waals surface area (Å²) < 4.78 is 5.60. The molecule has 0 bridgehead atoms. The molecule has 1 N–H and O–H groups in total. The zero-order chi connectivity index (χ0) is 24.1. The van der Waals surface area contributed by atoms with Crippen molar-refractivity contribution in [1.82, 2.24) is 0 Å². The van der Waals surface area contributed by atoms with Gasteiger partial charge in [0.25, 0.3) is 0 Å². The highest BCUT2D eigenvalue weighted by atomic mass is 16.5. The Morgan fingerprint density at radius 2 is 1.58 bits per heavy atom. The number of fused-ring (bicyclic) bond motifs is 2. The van der Waals surface area contributed by atoms with Crippen LogP contribution in [0.4, 0.5) is 0 Å². The van der Waals surface area contributed by atoms with Crippen LogP contribution in [0, 0.1) is 50.7 Å². The first-order valence-corrected chi connectivity index (χ1v) is 14.2. The Morgan fingerprint density at radius 3 is 2.27 bits per heavy atom. The van der Waals surface area contributed by atoms with E-state index in [2.05, 4.69) is 60.6 Å². The van der Waals surface area contributed by atoms with Crippen LogP contribution < -0.4 is 0 Å². The highest BCUT2D eigenvalue weighted by Gasteiger charge is 2.82. The van der Waals surface area contributed by atoms with Crippen LogP contribution in [0.1, 0.15) is 113 Å². The molecule has 0 amide bonds. The van der Waals surface area contributed by atoms with Crippen LogP contribution in [0.3, 0.4) is 0 Å². The van der Waals surface area contributed by atoms with Gasteiger partial charge in [0.05, 0.1) is 11.7 Å². The van der Waals surface area contributed by atoms with Gasteiger partial charge in [0.1, 0.15) is 0 Å². The molecule has 188 valence electrons. The van der Waals surface area contributed by atoms with Crippen molar-refractivity contribution in [2.24, 2.45) is 50.7 Å². The van der Waals surface area contributed by atoms with E-state index in [1.165, 1.54) is 57.8 Å². The summed E-state index contributed by atoms with van der Waals surface area (Å²) >= 11 is 0. The molecule has 0 aromatic rings. The van der Waals surface area contributed by atoms with Gasteiger partial charge in [-0.2, -0.15) is 0 Å². The van der Waals surface area contributed by atoms with Crippen LogP contribution in [0.2, 0.25) is 0 Å². The lowest BCUT2D eigenvalue weighted by atomic mass is 9.42. The fraction of sp³-hybridized carbons (Fsp3) is 0.935. The maximum Gasteiger partial charge on any atom is 0.0802 e. The van der Waals surface area contributed by atoms with Crippen molar-refractivity contribution in [3.63, 3.8) is 0 Å². The second-order valence-corrected chi connectivity index (χ2v) is 15.0. The van der Waals surface area contributed by atoms with Crippen LogP contribution in [0.15, 0.2) is 12.2 Å². The van der Waals surface area contributed by atoms with E-state index in [9.17, 15) is 5.11 Å². The third-order valence-electron chi connectivity index (χ3n) is 13.4. The van der Waals surface area contributed by atoms with Crippen molar-refractivity contribution in [2.45, 2.75) is 124 Å². The summed E-state index contributed by atoms with van der Waals surface area (Å²) in [7, 11) is 1.81. The maximum atomic E-state index is 10.9. The fourth-order valence-electron chi connectivity index (χ4n) is 11.1. The van der Waals surface area contributed by atoms with Crippen LogP contribution in [0.25, 0.3) is 0 Å². The monoisotopic (exact) mass is 456 g/mol. The van der Waals surface area contributed by atoms with Gasteiger partial charge in [-0.05, 0) is 129 Å². The Bertz CT molecular complexity index is 812. The highest BCUT2D eigenvalue weighted by Crippen LogP contribution is 2.89. The second-order valence-electron chi connectivity index (χ2n) is 15.0. The van der Waals surface area contributed by atoms with E-state index < -0.39 is 0 Å². The van der Waals surface area contributed by atoms with Crippen LogP contribution in [-0.4, -0.2) is 23.9 Å². The first-order valence-electron chi connectivity index (χ1n) is 14.2. The molecule has 5 aliphatic carbocycles. The minimum Gasteiger partial charge on any atom is -0.393 e. The predicted molar refractivity (Wildman–Crippen MR) is 137 cm³/mol. The van der Waals surface area contributed by atoms with E-state index in [0.29, 0.717) is 21.7 Å². The molecule has 5 saturated carbocycles. The zero-order valence-electron chi connectivity index (χ0n) is 23.0. The van der Waals surface area contributed by atoms with Crippen molar-refractivity contribution >= 4 is 0 Å². The lowest BCUT2D eigenvalue weighted by Gasteiger charge is -2.63. The molecule has 0 heterocycles. The van der Waals surface area contributed by atoms with E-state index in [1.807, 2.05) is 7.11 Å². The van der Waals surface area contributed by atoms with Gasteiger partial charge in [0.2, 0.25) is 0 Å². The molecular weight excluding hydrogens is 404 g/mol. The summed E-state index contributed by atoms with van der Waals surface area (Å²) in [5.74, 6) is 3.23. The first-order chi connectivity index (χ1) is 15.3. The number of aliphatic hydroxyl groups is 1. The van der Waals surface area contributed by atoms with Crippen LogP contribution >= 0.6 is 0 Å². The molecule has 0 saturated heterocycles. The van der Waals surface area contributed by atoms with E-state index in [4.69, 9.17) is 4.74 Å². The maximum absolute atomic E-state index is 10.9. The summed E-state index contributed by atoms with van der Waals surface area (Å²) in [4.78, 5) is 0. The molecule has 0 unspecified atom stereocenters. The summed E-state index contributed by atoms with van der Waals surface area (Å²) in [5.41, 5.74) is 2.07. The van der Waals surface area contributed by atoms with Gasteiger partial charge < -0.3 is 9.84 Å². The van der Waals surface area contributed by atoms with Gasteiger partial charge in [-0.3, -0.25) is 0 Å². The average Bonchev–Trinajstić information content (AvgIpc) is 3.33. The Morgan fingerprint density at radius 1 is 0.909 bits per heavy atom. The van der Waals surface area contributed by atoms with Gasteiger partial charge in [0, 0.05) is 7.11 Å². The summed E-state index contributed by atoms with van der Waals surface area (Å²) in [5, 5.41) is 10.9. The minimum absolute atomic E-state index is 0.0976. The quantitative estimate of drug-likeness (QED) is 0.428. The number of methoxy groups -OCH3 is 1. The standard InChI is InChI=1S/C31H52O2/c1-21(10-9-15-26(2,3)33-8)22-13-16-29(7)24-12-11-23-27(4,5)25(32)14-17-30(23)20-31(24,30)19-18-28(22,29)6/h9,15,21-25,32H,10-14,16-20H2,1-8H3/b15-9+/t21-,22-,23+,24-,25+,28-,29+,30-,31+/m1/s1. The third kappa shape index (κ3) is 3.04. The van der Waals surface area contributed by atoms with Crippen molar-refractivity contribution in [2.75, 3.05) is 7.11 Å². The number of ether oxygens (including phenoxy) is 1. The molecule has 0 radical (unpaired) electrons. The lowest BCUT2D eigenvalue weighted by Crippen LogP contribution is -2.57. The van der Waals surface area contributed by atoms with Crippen molar-refractivity contribution < 1.29 is 9.84 Å². The molecule has 5 fully saturated rings. The molecule has 9 atom stereocenters. The van der Waals surface area contributed by atoms with Crippen molar-refractivity contribution in [1.29, 1.82) is 0 Å². The van der Waals surface area contributed by atoms with Gasteiger partial charge >= 0.3 is 0 Å². The molecule has 5 aliphatic rings. The summed E-state index contributed by atoms with van der Waals surface area (Å²) in [6, 6.07) is 0. The lowest BCUT2D eigenvalue weighted by molar-refractivity contribution is -0.161. The Balaban J connectivity index is 1.38. The van der Waals surface area contributed by atoms with Crippen LogP contribution in [-0.2, 0) is 4.74 Å². The zero-order valence-corrected chi connectivity index (χ0v) is 23.0. The molecular formula is C31H52O2. The second kappa shape index (κ2) is 7.34. The molecule has 0 aromatic heterocycles. The fourth-order valence-corrected chi connectivity index (χ4v) is 11.1. The number of allylic oxidation sites excluding steroid dienone is 1. The average molecular weight is 457 g/mol. The summed E-state index contributed by atoms with van der Waals surface area (Å²) in [6.45, 7) is 17.0.